The number of hydrogen-bond donors (Lipinski definition) is 2. The molecule has 1 heterocycles. The summed E-state index contributed by atoms with van der Waals surface area (Å²) in [4.78, 5) is 25.9. The van der Waals surface area contributed by atoms with Crippen LogP contribution in [0, 0.1) is 11.3 Å². The molecular formula is C20H20N4O2. The Labute approximate surface area is 152 Å². The molecule has 26 heavy (non-hydrogen) atoms. The molecule has 1 aliphatic rings. The van der Waals surface area contributed by atoms with Crippen LogP contribution in [0.5, 0.6) is 0 Å². The molecule has 132 valence electrons. The lowest BCUT2D eigenvalue weighted by molar-refractivity contribution is -0.117. The van der Waals surface area contributed by atoms with Crippen LogP contribution in [0.25, 0.3) is 0 Å². The van der Waals surface area contributed by atoms with Crippen LogP contribution < -0.4 is 15.5 Å². The molecule has 2 amide bonds. The van der Waals surface area contributed by atoms with Gasteiger partial charge in [-0.2, -0.15) is 5.26 Å². The van der Waals surface area contributed by atoms with Gasteiger partial charge in [0.1, 0.15) is 6.04 Å². The van der Waals surface area contributed by atoms with E-state index in [1.807, 2.05) is 30.3 Å². The van der Waals surface area contributed by atoms with Crippen molar-refractivity contribution < 1.29 is 9.59 Å². The third kappa shape index (κ3) is 4.01. The predicted octanol–water partition coefficient (Wildman–Crippen LogP) is 3.12. The number of benzene rings is 2. The maximum Gasteiger partial charge on any atom is 0.246 e. The molecule has 2 N–H and O–H groups in total. The number of nitrogens with zero attached hydrogens (tertiary/aromatic N) is 2. The first-order valence-corrected chi connectivity index (χ1v) is 8.55. The van der Waals surface area contributed by atoms with Gasteiger partial charge in [-0.25, -0.2) is 0 Å². The van der Waals surface area contributed by atoms with E-state index in [0.29, 0.717) is 17.7 Å². The van der Waals surface area contributed by atoms with Crippen molar-refractivity contribution in [1.82, 2.24) is 0 Å². The van der Waals surface area contributed by atoms with Crippen LogP contribution in [-0.2, 0) is 9.59 Å². The zero-order chi connectivity index (χ0) is 18.5. The highest BCUT2D eigenvalue weighted by molar-refractivity contribution is 5.97. The monoisotopic (exact) mass is 348 g/mol. The molecule has 3 rings (SSSR count). The summed E-state index contributed by atoms with van der Waals surface area (Å²) in [7, 11) is 0. The van der Waals surface area contributed by atoms with E-state index in [4.69, 9.17) is 5.26 Å². The fourth-order valence-electron chi connectivity index (χ4n) is 2.85. The van der Waals surface area contributed by atoms with E-state index in [0.717, 1.165) is 24.3 Å². The van der Waals surface area contributed by atoms with E-state index in [-0.39, 0.29) is 11.8 Å². The van der Waals surface area contributed by atoms with Gasteiger partial charge in [0.25, 0.3) is 0 Å². The van der Waals surface area contributed by atoms with Crippen LogP contribution in [0.4, 0.5) is 17.1 Å². The van der Waals surface area contributed by atoms with E-state index in [1.54, 1.807) is 36.1 Å². The Hall–Kier alpha value is -3.33. The minimum absolute atomic E-state index is 0.154. The summed E-state index contributed by atoms with van der Waals surface area (Å²) in [5.74, 6) is -0.0191. The van der Waals surface area contributed by atoms with Crippen molar-refractivity contribution in [2.75, 3.05) is 22.1 Å². The SMILES string of the molecule is C[C@H](Nc1ccc(N2CCCC2=O)cc1)C(=O)Nc1ccc(C#N)cc1. The number of carbonyl (C=O) groups excluding carboxylic acids is 2. The summed E-state index contributed by atoms with van der Waals surface area (Å²) < 4.78 is 0. The molecule has 0 aliphatic carbocycles. The molecule has 1 aliphatic heterocycles. The third-order valence-corrected chi connectivity index (χ3v) is 4.31. The maximum atomic E-state index is 12.3. The van der Waals surface area contributed by atoms with Gasteiger partial charge in [0.05, 0.1) is 11.6 Å². The molecule has 1 saturated heterocycles. The molecule has 6 heteroatoms. The van der Waals surface area contributed by atoms with Gasteiger partial charge < -0.3 is 15.5 Å². The lowest BCUT2D eigenvalue weighted by atomic mass is 10.2. The maximum absolute atomic E-state index is 12.3. The summed E-state index contributed by atoms with van der Waals surface area (Å²) in [6.07, 6.45) is 1.50. The second-order valence-electron chi connectivity index (χ2n) is 6.24. The lowest BCUT2D eigenvalue weighted by Crippen LogP contribution is -2.31. The van der Waals surface area contributed by atoms with E-state index in [9.17, 15) is 9.59 Å². The summed E-state index contributed by atoms with van der Waals surface area (Å²) in [5.41, 5.74) is 2.88. The Morgan fingerprint density at radius 2 is 1.77 bits per heavy atom. The molecule has 1 fully saturated rings. The van der Waals surface area contributed by atoms with Gasteiger partial charge in [0.2, 0.25) is 11.8 Å². The van der Waals surface area contributed by atoms with E-state index in [2.05, 4.69) is 10.6 Å². The molecule has 2 aromatic carbocycles. The Morgan fingerprint density at radius 3 is 2.35 bits per heavy atom. The Bertz CT molecular complexity index is 838. The zero-order valence-corrected chi connectivity index (χ0v) is 14.5. The van der Waals surface area contributed by atoms with Crippen LogP contribution in [0.3, 0.4) is 0 Å². The normalized spacial score (nSPS) is 14.6. The topological polar surface area (TPSA) is 85.2 Å². The van der Waals surface area contributed by atoms with Gasteiger partial charge in [0, 0.05) is 30.0 Å². The van der Waals surface area contributed by atoms with E-state index >= 15 is 0 Å². The molecular weight excluding hydrogens is 328 g/mol. The Morgan fingerprint density at radius 1 is 1.12 bits per heavy atom. The number of nitrogens with one attached hydrogen (secondary N) is 2. The first-order valence-electron chi connectivity index (χ1n) is 8.55. The van der Waals surface area contributed by atoms with E-state index < -0.39 is 6.04 Å². The number of anilines is 3. The van der Waals surface area contributed by atoms with E-state index in [1.165, 1.54) is 0 Å². The van der Waals surface area contributed by atoms with Crippen LogP contribution >= 0.6 is 0 Å². The molecule has 2 aromatic rings. The van der Waals surface area contributed by atoms with Gasteiger partial charge in [-0.1, -0.05) is 0 Å². The number of amides is 2. The largest absolute Gasteiger partial charge is 0.374 e. The Balaban J connectivity index is 1.58. The summed E-state index contributed by atoms with van der Waals surface area (Å²) in [6.45, 7) is 2.53. The van der Waals surface area contributed by atoms with Gasteiger partial charge >= 0.3 is 0 Å². The average Bonchev–Trinajstić information content (AvgIpc) is 3.09. The average molecular weight is 348 g/mol. The lowest BCUT2D eigenvalue weighted by Gasteiger charge is -2.18. The highest BCUT2D eigenvalue weighted by atomic mass is 16.2. The first kappa shape index (κ1) is 17.5. The van der Waals surface area contributed by atoms with Crippen LogP contribution in [0.1, 0.15) is 25.3 Å². The molecule has 0 spiro atoms. The number of hydrogen-bond acceptors (Lipinski definition) is 4. The van der Waals surface area contributed by atoms with Crippen molar-refractivity contribution in [3.05, 3.63) is 54.1 Å². The summed E-state index contributed by atoms with van der Waals surface area (Å²) in [6, 6.07) is 15.8. The number of rotatable bonds is 5. The van der Waals surface area contributed by atoms with Gasteiger partial charge in [-0.15, -0.1) is 0 Å². The second-order valence-corrected chi connectivity index (χ2v) is 6.24. The molecule has 0 bridgehead atoms. The molecule has 0 saturated carbocycles. The number of nitriles is 1. The smallest absolute Gasteiger partial charge is 0.246 e. The van der Waals surface area contributed by atoms with Gasteiger partial charge in [0.15, 0.2) is 0 Å². The number of carbonyl (C=O) groups is 2. The van der Waals surface area contributed by atoms with Crippen LogP contribution in [-0.4, -0.2) is 24.4 Å². The van der Waals surface area contributed by atoms with Crippen molar-refractivity contribution in [3.8, 4) is 6.07 Å². The molecule has 1 atom stereocenters. The summed E-state index contributed by atoms with van der Waals surface area (Å²) >= 11 is 0. The third-order valence-electron chi connectivity index (χ3n) is 4.31. The molecule has 6 nitrogen and oxygen atoms in total. The van der Waals surface area contributed by atoms with Gasteiger partial charge in [-0.3, -0.25) is 9.59 Å². The minimum Gasteiger partial charge on any atom is -0.374 e. The molecule has 0 aromatic heterocycles. The molecule has 0 radical (unpaired) electrons. The first-order chi connectivity index (χ1) is 12.6. The second kappa shape index (κ2) is 7.70. The highest BCUT2D eigenvalue weighted by Gasteiger charge is 2.21. The predicted molar refractivity (Wildman–Crippen MR) is 101 cm³/mol. The fourth-order valence-corrected chi connectivity index (χ4v) is 2.85. The summed E-state index contributed by atoms with van der Waals surface area (Å²) in [5, 5.41) is 14.8. The highest BCUT2D eigenvalue weighted by Crippen LogP contribution is 2.23. The van der Waals surface area contributed by atoms with Crippen molar-refractivity contribution >= 4 is 28.9 Å². The minimum atomic E-state index is -0.440. The van der Waals surface area contributed by atoms with Crippen LogP contribution in [0.2, 0.25) is 0 Å². The van der Waals surface area contributed by atoms with Crippen molar-refractivity contribution in [3.63, 3.8) is 0 Å². The Kier molecular flexibility index (Phi) is 5.18. The zero-order valence-electron chi connectivity index (χ0n) is 14.5. The molecule has 0 unspecified atom stereocenters. The van der Waals surface area contributed by atoms with Crippen molar-refractivity contribution in [2.24, 2.45) is 0 Å². The standard InChI is InChI=1S/C20H20N4O2/c1-14(20(26)23-17-6-4-15(13-21)5-7-17)22-16-8-10-18(11-9-16)24-12-2-3-19(24)25/h4-11,14,22H,2-3,12H2,1H3,(H,23,26)/t14-/m0/s1. The quantitative estimate of drug-likeness (QED) is 0.869. The van der Waals surface area contributed by atoms with Crippen molar-refractivity contribution in [1.29, 1.82) is 5.26 Å². The fraction of sp³-hybridized carbons (Fsp3) is 0.250. The van der Waals surface area contributed by atoms with Gasteiger partial charge in [-0.05, 0) is 61.9 Å². The van der Waals surface area contributed by atoms with Crippen LogP contribution in [0.15, 0.2) is 48.5 Å². The van der Waals surface area contributed by atoms with Crippen molar-refractivity contribution in [2.45, 2.75) is 25.8 Å².